The first-order chi connectivity index (χ1) is 14.4. The zero-order chi connectivity index (χ0) is 22.8. The lowest BCUT2D eigenvalue weighted by Crippen LogP contribution is -2.28. The minimum absolute atomic E-state index is 0.0191. The Hall–Kier alpha value is -2.62. The molecule has 166 valence electrons. The number of hydrogen-bond acceptors (Lipinski definition) is 5. The van der Waals surface area contributed by atoms with E-state index < -0.39 is 22.9 Å². The van der Waals surface area contributed by atoms with Crippen molar-refractivity contribution in [3.63, 3.8) is 0 Å². The molecule has 0 radical (unpaired) electrons. The number of rotatable bonds is 4. The molecule has 31 heavy (non-hydrogen) atoms. The summed E-state index contributed by atoms with van der Waals surface area (Å²) in [4.78, 5) is 24.4. The molecule has 1 aliphatic heterocycles. The van der Waals surface area contributed by atoms with Gasteiger partial charge in [-0.25, -0.2) is 0 Å². The molecule has 0 spiro atoms. The zero-order valence-electron chi connectivity index (χ0n) is 17.3. The molecule has 1 fully saturated rings. The van der Waals surface area contributed by atoms with Gasteiger partial charge in [0.05, 0.1) is 11.3 Å². The largest absolute Gasteiger partial charge is 0.416 e. The second kappa shape index (κ2) is 8.86. The fourth-order valence-electron chi connectivity index (χ4n) is 3.61. The van der Waals surface area contributed by atoms with Crippen LogP contribution >= 0.6 is 11.8 Å². The van der Waals surface area contributed by atoms with Gasteiger partial charge in [-0.1, -0.05) is 37.2 Å². The number of nitrogens with one attached hydrogen (secondary N) is 2. The van der Waals surface area contributed by atoms with Crippen LogP contribution in [-0.4, -0.2) is 27.9 Å². The quantitative estimate of drug-likeness (QED) is 0.647. The predicted molar refractivity (Wildman–Crippen MR) is 116 cm³/mol. The molecular weight excluding hydrogens is 429 g/mol. The van der Waals surface area contributed by atoms with Crippen molar-refractivity contribution in [3.8, 4) is 0 Å². The van der Waals surface area contributed by atoms with Crippen molar-refractivity contribution in [2.24, 2.45) is 15.6 Å². The number of thioether (sulfide) groups is 1. The SMILES string of the molecule is CC1=CC(=N/N=C2\NC(=O)C(CC(=O)Nc3cccc(C(F)(F)F)c3)S2)CC(C)(C)C1. The molecule has 1 aromatic carbocycles. The Morgan fingerprint density at radius 1 is 1.29 bits per heavy atom. The molecule has 2 N–H and O–H groups in total. The van der Waals surface area contributed by atoms with Gasteiger partial charge in [0.2, 0.25) is 11.8 Å². The topological polar surface area (TPSA) is 82.9 Å². The third kappa shape index (κ3) is 6.43. The second-order valence-corrected chi connectivity index (χ2v) is 9.62. The molecule has 1 aromatic rings. The van der Waals surface area contributed by atoms with Crippen molar-refractivity contribution >= 4 is 40.1 Å². The van der Waals surface area contributed by atoms with E-state index in [1.54, 1.807) is 0 Å². The highest BCUT2D eigenvalue weighted by Crippen LogP contribution is 2.34. The lowest BCUT2D eigenvalue weighted by molar-refractivity contribution is -0.137. The number of amides is 2. The third-order valence-electron chi connectivity index (χ3n) is 4.72. The Morgan fingerprint density at radius 2 is 2.03 bits per heavy atom. The van der Waals surface area contributed by atoms with E-state index in [1.165, 1.54) is 17.7 Å². The van der Waals surface area contributed by atoms with Gasteiger partial charge in [-0.15, -0.1) is 5.10 Å². The Bertz CT molecular complexity index is 983. The number of carbonyl (C=O) groups excluding carboxylic acids is 2. The van der Waals surface area contributed by atoms with Gasteiger partial charge in [-0.3, -0.25) is 9.59 Å². The van der Waals surface area contributed by atoms with E-state index in [4.69, 9.17) is 0 Å². The third-order valence-corrected chi connectivity index (χ3v) is 5.79. The van der Waals surface area contributed by atoms with E-state index in [0.29, 0.717) is 5.17 Å². The normalized spacial score (nSPS) is 23.6. The molecule has 0 aromatic heterocycles. The molecule has 10 heteroatoms. The van der Waals surface area contributed by atoms with Gasteiger partial charge >= 0.3 is 6.18 Å². The van der Waals surface area contributed by atoms with E-state index >= 15 is 0 Å². The van der Waals surface area contributed by atoms with Gasteiger partial charge in [0.15, 0.2) is 5.17 Å². The van der Waals surface area contributed by atoms with Gasteiger partial charge in [-0.05, 0) is 49.5 Å². The number of hydrogen-bond donors (Lipinski definition) is 2. The molecule has 1 aliphatic carbocycles. The van der Waals surface area contributed by atoms with Crippen LogP contribution in [0.15, 0.2) is 46.1 Å². The van der Waals surface area contributed by atoms with Crippen LogP contribution in [0.2, 0.25) is 0 Å². The van der Waals surface area contributed by atoms with Crippen LogP contribution < -0.4 is 10.6 Å². The van der Waals surface area contributed by atoms with E-state index in [0.717, 1.165) is 42.4 Å². The molecule has 1 unspecified atom stereocenters. The number of nitrogens with zero attached hydrogens (tertiary/aromatic N) is 2. The average molecular weight is 453 g/mol. The zero-order valence-corrected chi connectivity index (χ0v) is 18.2. The Morgan fingerprint density at radius 3 is 2.71 bits per heavy atom. The number of benzene rings is 1. The maximum Gasteiger partial charge on any atom is 0.416 e. The Labute approximate surface area is 182 Å². The van der Waals surface area contributed by atoms with E-state index in [9.17, 15) is 22.8 Å². The molecule has 1 atom stereocenters. The summed E-state index contributed by atoms with van der Waals surface area (Å²) in [6.07, 6.45) is -0.971. The second-order valence-electron chi connectivity index (χ2n) is 8.43. The van der Waals surface area contributed by atoms with Crippen LogP contribution in [0.1, 0.15) is 45.6 Å². The fraction of sp³-hybridized carbons (Fsp3) is 0.429. The number of allylic oxidation sites excluding steroid dienone is 2. The van der Waals surface area contributed by atoms with Crippen LogP contribution in [0.5, 0.6) is 0 Å². The molecule has 1 heterocycles. The number of amidine groups is 1. The van der Waals surface area contributed by atoms with Gasteiger partial charge in [0.25, 0.3) is 0 Å². The van der Waals surface area contributed by atoms with Crippen LogP contribution in [0, 0.1) is 5.41 Å². The number of carbonyl (C=O) groups is 2. The maximum atomic E-state index is 12.8. The number of halogens is 3. The molecule has 1 saturated heterocycles. The number of alkyl halides is 3. The summed E-state index contributed by atoms with van der Waals surface area (Å²) >= 11 is 1.08. The Kier molecular flexibility index (Phi) is 6.59. The molecule has 0 saturated carbocycles. The van der Waals surface area contributed by atoms with Gasteiger partial charge < -0.3 is 10.6 Å². The summed E-state index contributed by atoms with van der Waals surface area (Å²) in [5.74, 6) is -0.953. The van der Waals surface area contributed by atoms with Crippen LogP contribution in [-0.2, 0) is 15.8 Å². The van der Waals surface area contributed by atoms with Crippen molar-refractivity contribution in [1.29, 1.82) is 0 Å². The fourth-order valence-corrected chi connectivity index (χ4v) is 4.53. The van der Waals surface area contributed by atoms with Crippen LogP contribution in [0.25, 0.3) is 0 Å². The first kappa shape index (κ1) is 23.1. The minimum atomic E-state index is -4.50. The highest BCUT2D eigenvalue weighted by atomic mass is 32.2. The summed E-state index contributed by atoms with van der Waals surface area (Å²) in [6, 6.07) is 4.34. The Balaban J connectivity index is 1.61. The summed E-state index contributed by atoms with van der Waals surface area (Å²) in [6.45, 7) is 6.34. The van der Waals surface area contributed by atoms with Gasteiger partial charge in [0, 0.05) is 12.1 Å². The molecule has 0 bridgehead atoms. The molecule has 2 amide bonds. The lowest BCUT2D eigenvalue weighted by Gasteiger charge is -2.28. The number of anilines is 1. The monoisotopic (exact) mass is 452 g/mol. The minimum Gasteiger partial charge on any atom is -0.326 e. The molecule has 3 rings (SSSR count). The molecule has 6 nitrogen and oxygen atoms in total. The molecular formula is C21H23F3N4O2S. The van der Waals surface area contributed by atoms with Crippen molar-refractivity contribution in [2.45, 2.75) is 51.5 Å². The first-order valence-electron chi connectivity index (χ1n) is 9.68. The van der Waals surface area contributed by atoms with Crippen molar-refractivity contribution in [1.82, 2.24) is 5.32 Å². The first-order valence-corrected chi connectivity index (χ1v) is 10.6. The van der Waals surface area contributed by atoms with E-state index in [-0.39, 0.29) is 23.4 Å². The predicted octanol–water partition coefficient (Wildman–Crippen LogP) is 4.74. The lowest BCUT2D eigenvalue weighted by atomic mass is 9.77. The van der Waals surface area contributed by atoms with Gasteiger partial charge in [-0.2, -0.15) is 18.3 Å². The van der Waals surface area contributed by atoms with Crippen LogP contribution in [0.4, 0.5) is 18.9 Å². The standard InChI is InChI=1S/C21H23F3N4O2S/c1-12-7-15(11-20(2,3)10-12)27-28-19-26-18(30)16(31-19)9-17(29)25-14-6-4-5-13(8-14)21(22,23)24/h4-8,16H,9-11H2,1-3H3,(H,25,29)(H,26,28,30). The highest BCUT2D eigenvalue weighted by Gasteiger charge is 2.33. The smallest absolute Gasteiger partial charge is 0.326 e. The highest BCUT2D eigenvalue weighted by molar-refractivity contribution is 8.15. The van der Waals surface area contributed by atoms with E-state index in [2.05, 4.69) is 34.7 Å². The van der Waals surface area contributed by atoms with Crippen LogP contribution in [0.3, 0.4) is 0 Å². The van der Waals surface area contributed by atoms with Gasteiger partial charge in [0.1, 0.15) is 5.25 Å². The van der Waals surface area contributed by atoms with Crippen molar-refractivity contribution in [2.75, 3.05) is 5.32 Å². The average Bonchev–Trinajstić information content (AvgIpc) is 2.97. The summed E-state index contributed by atoms with van der Waals surface area (Å²) in [5.41, 5.74) is 1.28. The molecule has 2 aliphatic rings. The maximum absolute atomic E-state index is 12.8. The van der Waals surface area contributed by atoms with E-state index in [1.807, 2.05) is 13.0 Å². The summed E-state index contributed by atoms with van der Waals surface area (Å²) < 4.78 is 38.4. The van der Waals surface area contributed by atoms with Crippen molar-refractivity contribution in [3.05, 3.63) is 41.5 Å². The van der Waals surface area contributed by atoms with Crippen molar-refractivity contribution < 1.29 is 22.8 Å². The summed E-state index contributed by atoms with van der Waals surface area (Å²) in [7, 11) is 0. The summed E-state index contributed by atoms with van der Waals surface area (Å²) in [5, 5.41) is 12.9.